The third kappa shape index (κ3) is 2.86. The van der Waals surface area contributed by atoms with Crippen molar-refractivity contribution >= 4 is 5.69 Å². The molecular weight excluding hydrogens is 244 g/mol. The van der Waals surface area contributed by atoms with Crippen LogP contribution in [0.25, 0.3) is 0 Å². The standard InChI is InChI=1S/C18H22N2/c1-14-6-5-9-18(10-14)20(2)13-17-11-15-7-3-4-8-16(15)12-19-17/h3-10,17,19H,11-13H2,1-2H3. The lowest BCUT2D eigenvalue weighted by atomic mass is 9.95. The van der Waals surface area contributed by atoms with Crippen LogP contribution in [-0.2, 0) is 13.0 Å². The van der Waals surface area contributed by atoms with E-state index < -0.39 is 0 Å². The van der Waals surface area contributed by atoms with Crippen molar-refractivity contribution in [3.8, 4) is 0 Å². The minimum absolute atomic E-state index is 0.524. The highest BCUT2D eigenvalue weighted by Crippen LogP contribution is 2.19. The Bertz CT molecular complexity index is 591. The molecule has 2 aromatic rings. The van der Waals surface area contributed by atoms with Gasteiger partial charge in [0.15, 0.2) is 0 Å². The SMILES string of the molecule is Cc1cccc(N(C)CC2Cc3ccccc3CN2)c1. The molecule has 0 amide bonds. The largest absolute Gasteiger partial charge is 0.373 e. The smallest absolute Gasteiger partial charge is 0.0366 e. The van der Waals surface area contributed by atoms with E-state index in [2.05, 4.69) is 72.7 Å². The minimum Gasteiger partial charge on any atom is -0.373 e. The summed E-state index contributed by atoms with van der Waals surface area (Å²) in [6.45, 7) is 4.17. The monoisotopic (exact) mass is 266 g/mol. The zero-order chi connectivity index (χ0) is 13.9. The van der Waals surface area contributed by atoms with E-state index in [0.717, 1.165) is 19.5 Å². The molecule has 2 heteroatoms. The van der Waals surface area contributed by atoms with Gasteiger partial charge in [-0.15, -0.1) is 0 Å². The van der Waals surface area contributed by atoms with Gasteiger partial charge in [0.05, 0.1) is 0 Å². The molecule has 20 heavy (non-hydrogen) atoms. The molecule has 104 valence electrons. The summed E-state index contributed by atoms with van der Waals surface area (Å²) in [6.07, 6.45) is 1.12. The maximum absolute atomic E-state index is 3.65. The zero-order valence-electron chi connectivity index (χ0n) is 12.3. The van der Waals surface area contributed by atoms with Gasteiger partial charge in [0.1, 0.15) is 0 Å². The molecule has 2 aromatic carbocycles. The number of rotatable bonds is 3. The Labute approximate surface area is 121 Å². The summed E-state index contributed by atoms with van der Waals surface area (Å²) in [5.74, 6) is 0. The first-order valence-electron chi connectivity index (χ1n) is 7.30. The summed E-state index contributed by atoms with van der Waals surface area (Å²) >= 11 is 0. The Morgan fingerprint density at radius 2 is 1.90 bits per heavy atom. The minimum atomic E-state index is 0.524. The molecule has 0 aromatic heterocycles. The first kappa shape index (κ1) is 13.2. The molecular formula is C18H22N2. The number of anilines is 1. The van der Waals surface area contributed by atoms with E-state index in [-0.39, 0.29) is 0 Å². The highest BCUT2D eigenvalue weighted by atomic mass is 15.1. The molecule has 0 radical (unpaired) electrons. The first-order chi connectivity index (χ1) is 9.72. The maximum atomic E-state index is 3.65. The average molecular weight is 266 g/mol. The highest BCUT2D eigenvalue weighted by molar-refractivity contribution is 5.48. The predicted molar refractivity (Wildman–Crippen MR) is 85.2 cm³/mol. The van der Waals surface area contributed by atoms with Crippen LogP contribution < -0.4 is 10.2 Å². The van der Waals surface area contributed by atoms with E-state index in [1.165, 1.54) is 22.4 Å². The van der Waals surface area contributed by atoms with E-state index >= 15 is 0 Å². The van der Waals surface area contributed by atoms with Crippen molar-refractivity contribution in [3.05, 3.63) is 65.2 Å². The van der Waals surface area contributed by atoms with E-state index in [0.29, 0.717) is 6.04 Å². The van der Waals surface area contributed by atoms with Crippen molar-refractivity contribution in [1.29, 1.82) is 0 Å². The summed E-state index contributed by atoms with van der Waals surface area (Å²) < 4.78 is 0. The quantitative estimate of drug-likeness (QED) is 0.918. The molecule has 0 saturated carbocycles. The van der Waals surface area contributed by atoms with Crippen LogP contribution in [0.1, 0.15) is 16.7 Å². The molecule has 0 spiro atoms. The van der Waals surface area contributed by atoms with Gasteiger partial charge in [-0.2, -0.15) is 0 Å². The molecule has 1 unspecified atom stereocenters. The van der Waals surface area contributed by atoms with E-state index in [9.17, 15) is 0 Å². The third-order valence-electron chi connectivity index (χ3n) is 4.10. The molecule has 1 aliphatic heterocycles. The summed E-state index contributed by atoms with van der Waals surface area (Å²) in [5.41, 5.74) is 5.55. The van der Waals surface area contributed by atoms with Gasteiger partial charge in [-0.05, 0) is 42.2 Å². The lowest BCUT2D eigenvalue weighted by Crippen LogP contribution is -2.43. The Balaban J connectivity index is 1.67. The van der Waals surface area contributed by atoms with Crippen molar-refractivity contribution in [2.45, 2.75) is 25.9 Å². The third-order valence-corrected chi connectivity index (χ3v) is 4.10. The molecule has 1 N–H and O–H groups in total. The fraction of sp³-hybridized carbons (Fsp3) is 0.333. The summed E-state index contributed by atoms with van der Waals surface area (Å²) in [5, 5.41) is 3.65. The van der Waals surface area contributed by atoms with Crippen LogP contribution in [0.5, 0.6) is 0 Å². The second kappa shape index (κ2) is 5.68. The Kier molecular flexibility index (Phi) is 3.75. The molecule has 1 heterocycles. The van der Waals surface area contributed by atoms with Crippen molar-refractivity contribution in [1.82, 2.24) is 5.32 Å². The van der Waals surface area contributed by atoms with Gasteiger partial charge in [0.25, 0.3) is 0 Å². The molecule has 0 aliphatic carbocycles. The van der Waals surface area contributed by atoms with Gasteiger partial charge >= 0.3 is 0 Å². The number of nitrogens with one attached hydrogen (secondary N) is 1. The average Bonchev–Trinajstić information content (AvgIpc) is 2.47. The fourth-order valence-corrected chi connectivity index (χ4v) is 2.95. The van der Waals surface area contributed by atoms with E-state index in [4.69, 9.17) is 0 Å². The van der Waals surface area contributed by atoms with Crippen molar-refractivity contribution < 1.29 is 0 Å². The van der Waals surface area contributed by atoms with Gasteiger partial charge < -0.3 is 10.2 Å². The van der Waals surface area contributed by atoms with Crippen LogP contribution in [0, 0.1) is 6.92 Å². The van der Waals surface area contributed by atoms with Crippen LogP contribution in [0.4, 0.5) is 5.69 Å². The molecule has 2 nitrogen and oxygen atoms in total. The Morgan fingerprint density at radius 3 is 2.70 bits per heavy atom. The van der Waals surface area contributed by atoms with Gasteiger partial charge in [-0.25, -0.2) is 0 Å². The van der Waals surface area contributed by atoms with Gasteiger partial charge in [0.2, 0.25) is 0 Å². The van der Waals surface area contributed by atoms with Crippen LogP contribution in [0.2, 0.25) is 0 Å². The molecule has 1 atom stereocenters. The summed E-state index contributed by atoms with van der Waals surface area (Å²) in [6, 6.07) is 18.0. The van der Waals surface area contributed by atoms with Gasteiger partial charge in [-0.1, -0.05) is 36.4 Å². The van der Waals surface area contributed by atoms with Crippen LogP contribution >= 0.6 is 0 Å². The molecule has 0 bridgehead atoms. The molecule has 0 saturated heterocycles. The van der Waals surface area contributed by atoms with Crippen LogP contribution in [0.3, 0.4) is 0 Å². The second-order valence-electron chi connectivity index (χ2n) is 5.77. The number of fused-ring (bicyclic) bond motifs is 1. The topological polar surface area (TPSA) is 15.3 Å². The fourth-order valence-electron chi connectivity index (χ4n) is 2.95. The lowest BCUT2D eigenvalue weighted by Gasteiger charge is -2.31. The maximum Gasteiger partial charge on any atom is 0.0366 e. The molecule has 0 fully saturated rings. The second-order valence-corrected chi connectivity index (χ2v) is 5.77. The first-order valence-corrected chi connectivity index (χ1v) is 7.30. The Morgan fingerprint density at radius 1 is 1.10 bits per heavy atom. The van der Waals surface area contributed by atoms with Crippen molar-refractivity contribution in [2.24, 2.45) is 0 Å². The van der Waals surface area contributed by atoms with Gasteiger partial charge in [0, 0.05) is 31.9 Å². The molecule has 3 rings (SSSR count). The number of likely N-dealkylation sites (N-methyl/N-ethyl adjacent to an activating group) is 1. The number of benzene rings is 2. The predicted octanol–water partition coefficient (Wildman–Crippen LogP) is 3.15. The Hall–Kier alpha value is -1.80. The van der Waals surface area contributed by atoms with E-state index in [1.807, 2.05) is 0 Å². The highest BCUT2D eigenvalue weighted by Gasteiger charge is 2.18. The normalized spacial score (nSPS) is 17.6. The number of nitrogens with zero attached hydrogens (tertiary/aromatic N) is 1. The number of aryl methyl sites for hydroxylation is 1. The van der Waals surface area contributed by atoms with Crippen molar-refractivity contribution in [2.75, 3.05) is 18.5 Å². The van der Waals surface area contributed by atoms with Crippen LogP contribution in [0.15, 0.2) is 48.5 Å². The molecule has 1 aliphatic rings. The van der Waals surface area contributed by atoms with Crippen molar-refractivity contribution in [3.63, 3.8) is 0 Å². The summed E-state index contributed by atoms with van der Waals surface area (Å²) in [7, 11) is 2.18. The van der Waals surface area contributed by atoms with Crippen LogP contribution in [-0.4, -0.2) is 19.6 Å². The van der Waals surface area contributed by atoms with E-state index in [1.54, 1.807) is 0 Å². The number of hydrogen-bond acceptors (Lipinski definition) is 2. The summed E-state index contributed by atoms with van der Waals surface area (Å²) in [4.78, 5) is 2.35. The van der Waals surface area contributed by atoms with Gasteiger partial charge in [-0.3, -0.25) is 0 Å². The lowest BCUT2D eigenvalue weighted by molar-refractivity contribution is 0.480. The number of hydrogen-bond donors (Lipinski definition) is 1. The zero-order valence-corrected chi connectivity index (χ0v) is 12.3.